The average molecular weight is 466 g/mol. The minimum absolute atomic E-state index is 0.131. The van der Waals surface area contributed by atoms with Crippen LogP contribution in [0.5, 0.6) is 0 Å². The van der Waals surface area contributed by atoms with Crippen molar-refractivity contribution in [1.82, 2.24) is 4.57 Å². The summed E-state index contributed by atoms with van der Waals surface area (Å²) in [5.74, 6) is 0. The van der Waals surface area contributed by atoms with Gasteiger partial charge in [-0.1, -0.05) is 93.6 Å². The van der Waals surface area contributed by atoms with E-state index in [2.05, 4.69) is 122 Å². The molecule has 7 aromatic rings. The lowest BCUT2D eigenvalue weighted by atomic mass is 9.87. The molecule has 0 aliphatic carbocycles. The summed E-state index contributed by atoms with van der Waals surface area (Å²) in [5, 5.41) is 4.82. The van der Waals surface area contributed by atoms with E-state index in [9.17, 15) is 0 Å². The second-order valence-electron chi connectivity index (χ2n) is 10.7. The van der Waals surface area contributed by atoms with E-state index in [1.807, 2.05) is 12.1 Å². The van der Waals surface area contributed by atoms with Gasteiger partial charge in [-0.3, -0.25) is 0 Å². The number of para-hydroxylation sites is 3. The zero-order chi connectivity index (χ0) is 24.4. The summed E-state index contributed by atoms with van der Waals surface area (Å²) < 4.78 is 8.72. The summed E-state index contributed by atoms with van der Waals surface area (Å²) in [5.41, 5.74) is 9.24. The molecule has 0 spiro atoms. The molecule has 2 aromatic heterocycles. The Morgan fingerprint density at radius 1 is 0.583 bits per heavy atom. The van der Waals surface area contributed by atoms with Gasteiger partial charge in [0, 0.05) is 32.8 Å². The molecule has 0 aliphatic heterocycles. The topological polar surface area (TPSA) is 18.1 Å². The maximum Gasteiger partial charge on any atom is 0.143 e. The fourth-order valence-electron chi connectivity index (χ4n) is 5.50. The van der Waals surface area contributed by atoms with E-state index in [-0.39, 0.29) is 5.41 Å². The molecule has 0 fully saturated rings. The summed E-state index contributed by atoms with van der Waals surface area (Å²) >= 11 is 0. The minimum Gasteiger partial charge on any atom is -0.455 e. The van der Waals surface area contributed by atoms with E-state index in [1.165, 1.54) is 33.1 Å². The summed E-state index contributed by atoms with van der Waals surface area (Å²) in [6.45, 7) is 6.77. The van der Waals surface area contributed by atoms with Gasteiger partial charge in [0.25, 0.3) is 0 Å². The number of aromatic nitrogens is 1. The highest BCUT2D eigenvalue weighted by Crippen LogP contribution is 2.39. The van der Waals surface area contributed by atoms with Crippen molar-refractivity contribution in [3.63, 3.8) is 0 Å². The van der Waals surface area contributed by atoms with Crippen LogP contribution in [0.4, 0.5) is 0 Å². The van der Waals surface area contributed by atoms with Crippen LogP contribution in [-0.2, 0) is 5.41 Å². The Hall–Kier alpha value is -4.30. The third-order valence-corrected chi connectivity index (χ3v) is 7.38. The number of rotatable bonds is 2. The van der Waals surface area contributed by atoms with Crippen LogP contribution in [-0.4, -0.2) is 4.57 Å². The lowest BCUT2D eigenvalue weighted by Crippen LogP contribution is -2.10. The van der Waals surface area contributed by atoms with Crippen molar-refractivity contribution in [3.05, 3.63) is 115 Å². The van der Waals surface area contributed by atoms with Crippen molar-refractivity contribution in [2.75, 3.05) is 0 Å². The SMILES string of the molecule is CC(C)(C)c1ccc(-n2c3ccccc3c3cc(-c4cccc5c4oc4ccccc45)ccc32)cc1. The first-order valence-corrected chi connectivity index (χ1v) is 12.5. The molecule has 0 unspecified atom stereocenters. The Kier molecular flexibility index (Phi) is 4.44. The fourth-order valence-corrected chi connectivity index (χ4v) is 5.50. The largest absolute Gasteiger partial charge is 0.455 e. The molecule has 0 bridgehead atoms. The molecular weight excluding hydrogens is 438 g/mol. The van der Waals surface area contributed by atoms with E-state index in [0.29, 0.717) is 0 Å². The van der Waals surface area contributed by atoms with E-state index < -0.39 is 0 Å². The molecule has 0 N–H and O–H groups in total. The van der Waals surface area contributed by atoms with Gasteiger partial charge in [-0.25, -0.2) is 0 Å². The first kappa shape index (κ1) is 21.0. The third-order valence-electron chi connectivity index (χ3n) is 7.38. The number of hydrogen-bond acceptors (Lipinski definition) is 1. The van der Waals surface area contributed by atoms with Crippen LogP contribution < -0.4 is 0 Å². The van der Waals surface area contributed by atoms with Crippen LogP contribution in [0.25, 0.3) is 60.6 Å². The van der Waals surface area contributed by atoms with Crippen molar-refractivity contribution in [3.8, 4) is 16.8 Å². The second kappa shape index (κ2) is 7.60. The monoisotopic (exact) mass is 465 g/mol. The molecular formula is C34H27NO. The Labute approximate surface area is 210 Å². The van der Waals surface area contributed by atoms with Crippen molar-refractivity contribution >= 4 is 43.7 Å². The molecule has 2 heterocycles. The van der Waals surface area contributed by atoms with Gasteiger partial charge < -0.3 is 8.98 Å². The van der Waals surface area contributed by atoms with Gasteiger partial charge >= 0.3 is 0 Å². The summed E-state index contributed by atoms with van der Waals surface area (Å²) in [4.78, 5) is 0. The average Bonchev–Trinajstić information content (AvgIpc) is 3.44. The van der Waals surface area contributed by atoms with Crippen LogP contribution >= 0.6 is 0 Å². The Morgan fingerprint density at radius 2 is 1.28 bits per heavy atom. The predicted molar refractivity (Wildman–Crippen MR) is 152 cm³/mol. The van der Waals surface area contributed by atoms with Crippen LogP contribution in [0, 0.1) is 0 Å². The van der Waals surface area contributed by atoms with Gasteiger partial charge in [-0.05, 0) is 52.9 Å². The van der Waals surface area contributed by atoms with Gasteiger partial charge in [-0.15, -0.1) is 0 Å². The predicted octanol–water partition coefficient (Wildman–Crippen LogP) is 9.65. The standard InChI is InChI=1S/C34H27NO/c1-34(2,3)23-16-18-24(19-17-23)35-30-13-6-4-9-26(30)29-21-22(15-20-31(29)35)25-11-8-12-28-27-10-5-7-14-32(27)36-33(25)28/h4-21H,1-3H3. The zero-order valence-corrected chi connectivity index (χ0v) is 20.7. The number of nitrogens with zero attached hydrogens (tertiary/aromatic N) is 1. The number of furan rings is 1. The van der Waals surface area contributed by atoms with Gasteiger partial charge in [0.15, 0.2) is 0 Å². The van der Waals surface area contributed by atoms with Gasteiger partial charge in [0.05, 0.1) is 11.0 Å². The molecule has 2 nitrogen and oxygen atoms in total. The second-order valence-corrected chi connectivity index (χ2v) is 10.7. The highest BCUT2D eigenvalue weighted by Gasteiger charge is 2.17. The Morgan fingerprint density at radius 3 is 2.08 bits per heavy atom. The first-order valence-electron chi connectivity index (χ1n) is 12.5. The zero-order valence-electron chi connectivity index (χ0n) is 20.7. The quantitative estimate of drug-likeness (QED) is 0.248. The number of benzene rings is 5. The first-order chi connectivity index (χ1) is 17.5. The smallest absolute Gasteiger partial charge is 0.143 e. The third kappa shape index (κ3) is 3.11. The van der Waals surface area contributed by atoms with E-state index >= 15 is 0 Å². The summed E-state index contributed by atoms with van der Waals surface area (Å²) in [6.07, 6.45) is 0. The highest BCUT2D eigenvalue weighted by molar-refractivity contribution is 6.13. The molecule has 0 atom stereocenters. The molecule has 0 amide bonds. The van der Waals surface area contributed by atoms with Crippen LogP contribution in [0.2, 0.25) is 0 Å². The lowest BCUT2D eigenvalue weighted by molar-refractivity contribution is 0.590. The van der Waals surface area contributed by atoms with Crippen LogP contribution in [0.1, 0.15) is 26.3 Å². The molecule has 2 heteroatoms. The van der Waals surface area contributed by atoms with Crippen molar-refractivity contribution in [1.29, 1.82) is 0 Å². The van der Waals surface area contributed by atoms with E-state index in [4.69, 9.17) is 4.42 Å². The molecule has 0 radical (unpaired) electrons. The number of hydrogen-bond donors (Lipinski definition) is 0. The Bertz CT molecular complexity index is 1910. The van der Waals surface area contributed by atoms with Crippen LogP contribution in [0.3, 0.4) is 0 Å². The van der Waals surface area contributed by atoms with Gasteiger partial charge in [0.1, 0.15) is 11.2 Å². The summed E-state index contributed by atoms with van der Waals surface area (Å²) in [7, 11) is 0. The van der Waals surface area contributed by atoms with Gasteiger partial charge in [0.2, 0.25) is 0 Å². The molecule has 36 heavy (non-hydrogen) atoms. The maximum absolute atomic E-state index is 6.35. The van der Waals surface area contributed by atoms with Gasteiger partial charge in [-0.2, -0.15) is 0 Å². The molecule has 5 aromatic carbocycles. The lowest BCUT2D eigenvalue weighted by Gasteiger charge is -2.19. The van der Waals surface area contributed by atoms with E-state index in [0.717, 1.165) is 33.1 Å². The Balaban J connectivity index is 1.46. The molecule has 0 saturated carbocycles. The number of fused-ring (bicyclic) bond motifs is 6. The highest BCUT2D eigenvalue weighted by atomic mass is 16.3. The van der Waals surface area contributed by atoms with E-state index in [1.54, 1.807) is 0 Å². The maximum atomic E-state index is 6.35. The van der Waals surface area contributed by atoms with Crippen molar-refractivity contribution in [2.45, 2.75) is 26.2 Å². The molecule has 0 saturated heterocycles. The normalized spacial score (nSPS) is 12.3. The molecule has 174 valence electrons. The van der Waals surface area contributed by atoms with Crippen molar-refractivity contribution in [2.24, 2.45) is 0 Å². The summed E-state index contributed by atoms with van der Waals surface area (Å²) in [6, 6.07) is 39.2. The van der Waals surface area contributed by atoms with Crippen LogP contribution in [0.15, 0.2) is 114 Å². The molecule has 7 rings (SSSR count). The molecule has 0 aliphatic rings. The minimum atomic E-state index is 0.131. The van der Waals surface area contributed by atoms with Crippen molar-refractivity contribution < 1.29 is 4.42 Å². The fraction of sp³-hybridized carbons (Fsp3) is 0.118.